The third kappa shape index (κ3) is 3.32. The van der Waals surface area contributed by atoms with Crippen molar-refractivity contribution in [1.82, 2.24) is 4.57 Å². The zero-order valence-electron chi connectivity index (χ0n) is 15.3. The average Bonchev–Trinajstić information content (AvgIpc) is 2.87. The van der Waals surface area contributed by atoms with Gasteiger partial charge in [0.05, 0.1) is 11.7 Å². The highest BCUT2D eigenvalue weighted by Gasteiger charge is 2.42. The Hall–Kier alpha value is -3.04. The SMILES string of the molecule is Cc1cccc2c(/C=N/Nc3c(F)c(F)c(C(F)(F)F)c(F)c3F)c(C)n(C)c12. The highest BCUT2D eigenvalue weighted by atomic mass is 19.4. The molecule has 0 radical (unpaired) electrons. The lowest BCUT2D eigenvalue weighted by Gasteiger charge is -2.13. The van der Waals surface area contributed by atoms with Gasteiger partial charge in [0.1, 0.15) is 11.3 Å². The molecule has 10 heteroatoms. The van der Waals surface area contributed by atoms with Crippen molar-refractivity contribution < 1.29 is 30.7 Å². The largest absolute Gasteiger partial charge is 0.422 e. The van der Waals surface area contributed by atoms with Crippen molar-refractivity contribution in [3.63, 3.8) is 0 Å². The van der Waals surface area contributed by atoms with Gasteiger partial charge in [0.2, 0.25) is 0 Å². The molecule has 0 amide bonds. The first-order valence-corrected chi connectivity index (χ1v) is 8.23. The minimum atomic E-state index is -5.60. The first-order valence-electron chi connectivity index (χ1n) is 8.23. The Morgan fingerprint density at radius 3 is 2.10 bits per heavy atom. The second-order valence-corrected chi connectivity index (χ2v) is 6.40. The molecule has 0 aliphatic heterocycles. The van der Waals surface area contributed by atoms with Crippen molar-refractivity contribution in [3.8, 4) is 0 Å². The summed E-state index contributed by atoms with van der Waals surface area (Å²) in [5, 5.41) is 4.34. The normalized spacial score (nSPS) is 12.3. The number of nitrogens with zero attached hydrogens (tertiary/aromatic N) is 2. The second kappa shape index (κ2) is 7.09. The van der Waals surface area contributed by atoms with Gasteiger partial charge >= 0.3 is 6.18 Å². The molecule has 1 heterocycles. The maximum atomic E-state index is 13.9. The standard InChI is InChI=1S/C19H14F7N3/c1-8-5-4-6-10-11(9(2)29(3)18(8)10)7-27-28-17-15(22)13(20)12(19(24,25)26)14(21)16(17)23/h4-7,28H,1-3H3/b27-7+. The van der Waals surface area contributed by atoms with E-state index in [4.69, 9.17) is 0 Å². The van der Waals surface area contributed by atoms with Crippen molar-refractivity contribution in [2.45, 2.75) is 20.0 Å². The van der Waals surface area contributed by atoms with Crippen LogP contribution in [0.4, 0.5) is 36.4 Å². The molecule has 0 unspecified atom stereocenters. The molecule has 3 nitrogen and oxygen atoms in total. The predicted molar refractivity (Wildman–Crippen MR) is 94.9 cm³/mol. The van der Waals surface area contributed by atoms with Crippen molar-refractivity contribution in [3.05, 3.63) is 63.9 Å². The van der Waals surface area contributed by atoms with Gasteiger partial charge in [-0.1, -0.05) is 18.2 Å². The molecule has 1 aromatic heterocycles. The monoisotopic (exact) mass is 417 g/mol. The number of rotatable bonds is 3. The van der Waals surface area contributed by atoms with E-state index in [1.54, 1.807) is 31.5 Å². The Kier molecular flexibility index (Phi) is 5.06. The fourth-order valence-corrected chi connectivity index (χ4v) is 3.17. The minimum absolute atomic E-state index is 0.562. The van der Waals surface area contributed by atoms with Crippen LogP contribution in [0.2, 0.25) is 0 Å². The molecular weight excluding hydrogens is 403 g/mol. The molecule has 29 heavy (non-hydrogen) atoms. The molecule has 3 rings (SSSR count). The molecule has 154 valence electrons. The molecule has 1 N–H and O–H groups in total. The number of aryl methyl sites for hydroxylation is 2. The number of hydrazone groups is 1. The van der Waals surface area contributed by atoms with Gasteiger partial charge in [0.15, 0.2) is 23.3 Å². The van der Waals surface area contributed by atoms with E-state index >= 15 is 0 Å². The van der Waals surface area contributed by atoms with Crippen molar-refractivity contribution in [2.24, 2.45) is 12.1 Å². The van der Waals surface area contributed by atoms with Gasteiger partial charge in [0, 0.05) is 23.7 Å². The van der Waals surface area contributed by atoms with Crippen LogP contribution in [0.25, 0.3) is 10.9 Å². The molecule has 0 aliphatic rings. The van der Waals surface area contributed by atoms with E-state index in [1.807, 2.05) is 17.6 Å². The van der Waals surface area contributed by atoms with Crippen molar-refractivity contribution in [1.29, 1.82) is 0 Å². The Morgan fingerprint density at radius 2 is 1.55 bits per heavy atom. The maximum absolute atomic E-state index is 13.9. The highest BCUT2D eigenvalue weighted by Crippen LogP contribution is 2.38. The fraction of sp³-hybridized carbons (Fsp3) is 0.211. The Labute approximate surface area is 160 Å². The number of hydrogen-bond donors (Lipinski definition) is 1. The number of nitrogens with one attached hydrogen (secondary N) is 1. The van der Waals surface area contributed by atoms with E-state index in [0.29, 0.717) is 5.56 Å². The van der Waals surface area contributed by atoms with Crippen molar-refractivity contribution >= 4 is 22.8 Å². The number of halogens is 7. The third-order valence-corrected chi connectivity index (χ3v) is 4.67. The van der Waals surface area contributed by atoms with Crippen LogP contribution in [0.5, 0.6) is 0 Å². The second-order valence-electron chi connectivity index (χ2n) is 6.40. The molecule has 2 aromatic carbocycles. The fourth-order valence-electron chi connectivity index (χ4n) is 3.17. The van der Waals surface area contributed by atoms with E-state index in [0.717, 1.165) is 22.2 Å². The number of hydrogen-bond acceptors (Lipinski definition) is 2. The third-order valence-electron chi connectivity index (χ3n) is 4.67. The summed E-state index contributed by atoms with van der Waals surface area (Å²) in [5.41, 5.74) is 0.823. The van der Waals surface area contributed by atoms with E-state index in [1.165, 1.54) is 6.21 Å². The lowest BCUT2D eigenvalue weighted by molar-refractivity contribution is -0.143. The summed E-state index contributed by atoms with van der Waals surface area (Å²) in [7, 11) is 1.80. The lowest BCUT2D eigenvalue weighted by atomic mass is 10.1. The molecule has 0 bridgehead atoms. The van der Waals surface area contributed by atoms with Crippen LogP contribution in [0.3, 0.4) is 0 Å². The number of benzene rings is 2. The average molecular weight is 417 g/mol. The zero-order valence-corrected chi connectivity index (χ0v) is 15.3. The Bertz CT molecular complexity index is 1110. The lowest BCUT2D eigenvalue weighted by Crippen LogP contribution is -2.16. The van der Waals surface area contributed by atoms with Crippen LogP contribution in [0.1, 0.15) is 22.4 Å². The molecule has 0 spiro atoms. The van der Waals surface area contributed by atoms with Gasteiger partial charge in [-0.15, -0.1) is 0 Å². The summed E-state index contributed by atoms with van der Waals surface area (Å²) in [6.45, 7) is 3.65. The topological polar surface area (TPSA) is 29.3 Å². The van der Waals surface area contributed by atoms with Gasteiger partial charge in [-0.3, -0.25) is 5.43 Å². The van der Waals surface area contributed by atoms with Crippen LogP contribution < -0.4 is 5.43 Å². The summed E-state index contributed by atoms with van der Waals surface area (Å²) in [6, 6.07) is 5.47. The van der Waals surface area contributed by atoms with Crippen LogP contribution in [0.15, 0.2) is 23.3 Å². The predicted octanol–water partition coefficient (Wildman–Crippen LogP) is 5.82. The number of anilines is 1. The van der Waals surface area contributed by atoms with Gasteiger partial charge < -0.3 is 4.57 Å². The maximum Gasteiger partial charge on any atom is 0.422 e. The first-order chi connectivity index (χ1) is 13.5. The Balaban J connectivity index is 2.04. The molecule has 0 atom stereocenters. The van der Waals surface area contributed by atoms with Gasteiger partial charge in [0.25, 0.3) is 0 Å². The van der Waals surface area contributed by atoms with Crippen molar-refractivity contribution in [2.75, 3.05) is 5.43 Å². The minimum Gasteiger partial charge on any atom is -0.347 e. The molecular formula is C19H14F7N3. The van der Waals surface area contributed by atoms with Gasteiger partial charge in [-0.25, -0.2) is 17.6 Å². The summed E-state index contributed by atoms with van der Waals surface area (Å²) in [5.74, 6) is -9.55. The smallest absolute Gasteiger partial charge is 0.347 e. The summed E-state index contributed by atoms with van der Waals surface area (Å²) < 4.78 is 95.0. The molecule has 0 aliphatic carbocycles. The van der Waals surface area contributed by atoms with E-state index in [-0.39, 0.29) is 0 Å². The molecule has 3 aromatic rings. The summed E-state index contributed by atoms with van der Waals surface area (Å²) in [6.07, 6.45) is -4.43. The summed E-state index contributed by atoms with van der Waals surface area (Å²) >= 11 is 0. The molecule has 0 fully saturated rings. The first kappa shape index (κ1) is 20.7. The number of alkyl halides is 3. The Morgan fingerprint density at radius 1 is 0.966 bits per heavy atom. The number of aromatic nitrogens is 1. The quantitative estimate of drug-likeness (QED) is 0.248. The molecule has 0 saturated carbocycles. The number of fused-ring (bicyclic) bond motifs is 1. The highest BCUT2D eigenvalue weighted by molar-refractivity contribution is 6.02. The zero-order chi connectivity index (χ0) is 21.7. The van der Waals surface area contributed by atoms with E-state index < -0.39 is 40.7 Å². The van der Waals surface area contributed by atoms with E-state index in [9.17, 15) is 30.7 Å². The summed E-state index contributed by atoms with van der Waals surface area (Å²) in [4.78, 5) is 0. The van der Waals surface area contributed by atoms with Gasteiger partial charge in [-0.2, -0.15) is 18.3 Å². The van der Waals surface area contributed by atoms with Gasteiger partial charge in [-0.05, 0) is 19.4 Å². The van der Waals surface area contributed by atoms with Crippen LogP contribution >= 0.6 is 0 Å². The molecule has 0 saturated heterocycles. The van der Waals surface area contributed by atoms with Crippen LogP contribution in [0, 0.1) is 37.1 Å². The van der Waals surface area contributed by atoms with E-state index in [2.05, 4.69) is 5.10 Å². The van der Waals surface area contributed by atoms with Crippen LogP contribution in [-0.4, -0.2) is 10.8 Å². The number of para-hydroxylation sites is 1. The van der Waals surface area contributed by atoms with Crippen LogP contribution in [-0.2, 0) is 13.2 Å².